The number of hydrogen-bond donors (Lipinski definition) is 0. The minimum absolute atomic E-state index is 0. The van der Waals surface area contributed by atoms with Crippen LogP contribution in [0.25, 0.3) is 0 Å². The van der Waals surface area contributed by atoms with Crippen LogP contribution >= 0.6 is 11.4 Å². The molecule has 0 atom stereocenters. The first kappa shape index (κ1) is 30.3. The smallest absolute Gasteiger partial charge is 0.640 e. The molecule has 0 heterocycles. The van der Waals surface area contributed by atoms with E-state index < -0.39 is 11.4 Å². The molecule has 144 valence electrons. The summed E-state index contributed by atoms with van der Waals surface area (Å²) in [6.07, 6.45) is 0.323. The minimum Gasteiger partial charge on any atom is -0.640 e. The molecule has 0 rings (SSSR count). The predicted octanol–water partition coefficient (Wildman–Crippen LogP) is 4.68. The van der Waals surface area contributed by atoms with Crippen LogP contribution in [0.3, 0.4) is 0 Å². The Balaban J connectivity index is -0.000000333. The zero-order valence-corrected chi connectivity index (χ0v) is 22.3. The minimum atomic E-state index is -2.28. The fraction of sp³-hybridized carbons (Fsp3) is 1.00. The van der Waals surface area contributed by atoms with Gasteiger partial charge in [0.15, 0.2) is 23.6 Å². The van der Waals surface area contributed by atoms with Crippen LogP contribution in [-0.4, -0.2) is 24.4 Å². The average molecular weight is 624 g/mol. The van der Waals surface area contributed by atoms with E-state index in [1.54, 1.807) is 0 Å². The quantitative estimate of drug-likeness (QED) is 0.169. The summed E-state index contributed by atoms with van der Waals surface area (Å²) >= 11 is 18.3. The molecule has 0 aromatic heterocycles. The first-order chi connectivity index (χ1) is 9.67. The van der Waals surface area contributed by atoms with Crippen LogP contribution in [0.5, 0.6) is 0 Å². The van der Waals surface area contributed by atoms with Gasteiger partial charge in [-0.05, 0) is 55.4 Å². The van der Waals surface area contributed by atoms with Crippen molar-refractivity contribution < 1.29 is 39.2 Å². The fourth-order valence-corrected chi connectivity index (χ4v) is 7.67. The van der Waals surface area contributed by atoms with E-state index in [1.165, 1.54) is 0 Å². The molecule has 0 amide bonds. The standard InChI is InChI=1S/2C6H15O2PS2.Pt/c2*1-5(2)7-9(10,11)8-6(3)4;/h2*5-6H,1-4H3,(H,10,11);/q;;+2. The van der Waals surface area contributed by atoms with Gasteiger partial charge in [0.05, 0.1) is 24.4 Å². The van der Waals surface area contributed by atoms with Crippen LogP contribution in [0, 0.1) is 0 Å². The Bertz CT molecular complexity index is 331. The molecular weight excluding hydrogens is 593 g/mol. The van der Waals surface area contributed by atoms with Crippen LogP contribution in [0.15, 0.2) is 0 Å². The molecule has 0 fully saturated rings. The van der Waals surface area contributed by atoms with Crippen molar-refractivity contribution in [2.24, 2.45) is 0 Å². The third kappa shape index (κ3) is 24.5. The van der Waals surface area contributed by atoms with Gasteiger partial charge in [0.2, 0.25) is 11.4 Å². The summed E-state index contributed by atoms with van der Waals surface area (Å²) in [4.78, 5) is 0. The number of thiol groups is 2. The van der Waals surface area contributed by atoms with E-state index in [-0.39, 0.29) is 45.5 Å². The van der Waals surface area contributed by atoms with Gasteiger partial charge in [-0.15, -0.1) is 0 Å². The zero-order chi connectivity index (χ0) is 18.1. The monoisotopic (exact) mass is 623 g/mol. The van der Waals surface area contributed by atoms with E-state index in [0.29, 0.717) is 0 Å². The summed E-state index contributed by atoms with van der Waals surface area (Å²) in [6, 6.07) is 0. The molecule has 0 aliphatic rings. The van der Waals surface area contributed by atoms with E-state index in [2.05, 4.69) is 23.6 Å². The second-order valence-electron chi connectivity index (χ2n) is 5.55. The molecule has 0 bridgehead atoms. The first-order valence-corrected chi connectivity index (χ1v) is 14.6. The molecule has 0 aromatic rings. The van der Waals surface area contributed by atoms with Gasteiger partial charge >= 0.3 is 21.1 Å². The van der Waals surface area contributed by atoms with Gasteiger partial charge in [-0.3, -0.25) is 0 Å². The maximum atomic E-state index is 5.32. The summed E-state index contributed by atoms with van der Waals surface area (Å²) in [5, 5.41) is 0. The zero-order valence-electron chi connectivity index (χ0n) is 14.9. The molecule has 0 saturated carbocycles. The molecule has 0 saturated heterocycles. The number of hydrogen-bond acceptors (Lipinski definition) is 6. The second-order valence-corrected chi connectivity index (χ2v) is 15.9. The molecular formula is C12H30O4P2PtS4+2. The van der Waals surface area contributed by atoms with E-state index in [0.717, 1.165) is 0 Å². The van der Waals surface area contributed by atoms with Crippen LogP contribution < -0.4 is 0 Å². The van der Waals surface area contributed by atoms with Crippen molar-refractivity contribution in [3.8, 4) is 0 Å². The molecule has 0 aliphatic heterocycles. The normalized spacial score (nSPS) is 12.4. The SMILES string of the molecule is CC(C)OP([S-])(=[SH+])OC(C)C.CC(C)OP([S-])(=[SH+])OC(C)C.[Pt+2]. The predicted molar refractivity (Wildman–Crippen MR) is 111 cm³/mol. The molecule has 0 unspecified atom stereocenters. The molecule has 0 aromatic carbocycles. The van der Waals surface area contributed by atoms with Crippen LogP contribution in [0.2, 0.25) is 0 Å². The van der Waals surface area contributed by atoms with Crippen molar-refractivity contribution in [3.63, 3.8) is 0 Å². The molecule has 0 spiro atoms. The van der Waals surface area contributed by atoms with Crippen LogP contribution in [-0.2, 0) is 87.3 Å². The Morgan fingerprint density at radius 3 is 0.783 bits per heavy atom. The molecule has 23 heavy (non-hydrogen) atoms. The third-order valence-corrected chi connectivity index (χ3v) is 6.29. The van der Waals surface area contributed by atoms with Gasteiger partial charge in [-0.1, -0.05) is 0 Å². The molecule has 0 radical (unpaired) electrons. The van der Waals surface area contributed by atoms with Crippen molar-refractivity contribution in [2.45, 2.75) is 79.8 Å². The third-order valence-electron chi connectivity index (χ3n) is 1.38. The summed E-state index contributed by atoms with van der Waals surface area (Å²) in [7, 11) is 0. The summed E-state index contributed by atoms with van der Waals surface area (Å²) in [5.41, 5.74) is -4.55. The van der Waals surface area contributed by atoms with Crippen LogP contribution in [0.4, 0.5) is 0 Å². The van der Waals surface area contributed by atoms with Crippen molar-refractivity contribution >= 4 is 59.5 Å². The van der Waals surface area contributed by atoms with Gasteiger partial charge in [0.25, 0.3) is 0 Å². The number of rotatable bonds is 8. The van der Waals surface area contributed by atoms with E-state index in [1.807, 2.05) is 55.4 Å². The van der Waals surface area contributed by atoms with Crippen molar-refractivity contribution in [1.82, 2.24) is 0 Å². The summed E-state index contributed by atoms with van der Waals surface area (Å²) < 4.78 is 21.3. The second kappa shape index (κ2) is 14.6. The van der Waals surface area contributed by atoms with E-state index in [9.17, 15) is 0 Å². The summed E-state index contributed by atoms with van der Waals surface area (Å²) in [5.74, 6) is 0. The van der Waals surface area contributed by atoms with Crippen molar-refractivity contribution in [2.75, 3.05) is 0 Å². The Morgan fingerprint density at radius 2 is 0.696 bits per heavy atom. The van der Waals surface area contributed by atoms with E-state index >= 15 is 0 Å². The Hall–Kier alpha value is 2.53. The topological polar surface area (TPSA) is 36.9 Å². The van der Waals surface area contributed by atoms with Gasteiger partial charge in [0.1, 0.15) is 0 Å². The first-order valence-electron chi connectivity index (χ1n) is 7.06. The van der Waals surface area contributed by atoms with Crippen molar-refractivity contribution in [3.05, 3.63) is 0 Å². The molecule has 4 nitrogen and oxygen atoms in total. The van der Waals surface area contributed by atoms with Gasteiger partial charge in [-0.2, -0.15) is 0 Å². The van der Waals surface area contributed by atoms with Crippen molar-refractivity contribution in [1.29, 1.82) is 0 Å². The van der Waals surface area contributed by atoms with E-state index in [4.69, 9.17) is 42.6 Å². The van der Waals surface area contributed by atoms with Gasteiger partial charge in [0, 0.05) is 0 Å². The van der Waals surface area contributed by atoms with Crippen LogP contribution in [0.1, 0.15) is 55.4 Å². The Morgan fingerprint density at radius 1 is 0.565 bits per heavy atom. The van der Waals surface area contributed by atoms with Gasteiger partial charge in [-0.25, -0.2) is 0 Å². The Kier molecular flexibility index (Phi) is 19.2. The Labute approximate surface area is 177 Å². The summed E-state index contributed by atoms with van der Waals surface area (Å²) in [6.45, 7) is 15.3. The maximum Gasteiger partial charge on any atom is 2.00 e. The molecule has 0 aliphatic carbocycles. The molecule has 0 N–H and O–H groups in total. The average Bonchev–Trinajstić information content (AvgIpc) is 2.06. The van der Waals surface area contributed by atoms with Gasteiger partial charge < -0.3 is 42.6 Å². The molecule has 11 heteroatoms. The fourth-order valence-electron chi connectivity index (χ4n) is 1.12. The maximum absolute atomic E-state index is 5.32. The largest absolute Gasteiger partial charge is 2.00 e.